The molecule has 0 bridgehead atoms. The molecule has 15 heavy (non-hydrogen) atoms. The quantitative estimate of drug-likeness (QED) is 0.698. The summed E-state index contributed by atoms with van der Waals surface area (Å²) in [5.74, 6) is 0. The van der Waals surface area contributed by atoms with Gasteiger partial charge in [-0.15, -0.1) is 0 Å². The molecule has 1 aliphatic heterocycles. The predicted molar refractivity (Wildman–Crippen MR) is 61.8 cm³/mol. The summed E-state index contributed by atoms with van der Waals surface area (Å²) >= 11 is 0. The topological polar surface area (TPSA) is 12.5 Å². The summed E-state index contributed by atoms with van der Waals surface area (Å²) < 4.78 is 5.92. The molecule has 0 saturated carbocycles. The van der Waals surface area contributed by atoms with Gasteiger partial charge in [0.05, 0.1) is 12.7 Å². The van der Waals surface area contributed by atoms with Crippen LogP contribution in [0.5, 0.6) is 0 Å². The first-order chi connectivity index (χ1) is 7.20. The van der Waals surface area contributed by atoms with Crippen molar-refractivity contribution in [2.24, 2.45) is 0 Å². The smallest absolute Gasteiger partial charge is 0.0978 e. The molecule has 82 valence electrons. The van der Waals surface area contributed by atoms with Crippen LogP contribution in [0.1, 0.15) is 25.5 Å². The molecule has 1 aliphatic rings. The lowest BCUT2D eigenvalue weighted by Gasteiger charge is -2.41. The number of likely N-dealkylation sites (N-methyl/N-ethyl adjacent to an activating group) is 1. The average Bonchev–Trinajstić information content (AvgIpc) is 2.27. The second-order valence-electron chi connectivity index (χ2n) is 4.42. The SMILES string of the molecule is C[C@@H]1CO[C@@H](c2ccccc2)[C@H](C)N1C. The highest BCUT2D eigenvalue weighted by atomic mass is 16.5. The van der Waals surface area contributed by atoms with E-state index in [0.717, 1.165) is 6.61 Å². The Kier molecular flexibility index (Phi) is 3.08. The average molecular weight is 205 g/mol. The van der Waals surface area contributed by atoms with Crippen LogP contribution in [-0.4, -0.2) is 30.6 Å². The molecule has 0 aliphatic carbocycles. The maximum Gasteiger partial charge on any atom is 0.0978 e. The highest BCUT2D eigenvalue weighted by Gasteiger charge is 2.31. The summed E-state index contributed by atoms with van der Waals surface area (Å²) in [7, 11) is 2.17. The number of hydrogen-bond acceptors (Lipinski definition) is 2. The van der Waals surface area contributed by atoms with Crippen molar-refractivity contribution < 1.29 is 4.74 Å². The van der Waals surface area contributed by atoms with Gasteiger partial charge < -0.3 is 4.74 Å². The van der Waals surface area contributed by atoms with E-state index in [4.69, 9.17) is 4.74 Å². The second-order valence-corrected chi connectivity index (χ2v) is 4.42. The predicted octanol–water partition coefficient (Wildman–Crippen LogP) is 2.47. The van der Waals surface area contributed by atoms with Crippen molar-refractivity contribution >= 4 is 0 Å². The molecule has 3 atom stereocenters. The van der Waals surface area contributed by atoms with Gasteiger partial charge in [-0.25, -0.2) is 0 Å². The lowest BCUT2D eigenvalue weighted by atomic mass is 9.99. The highest BCUT2D eigenvalue weighted by molar-refractivity contribution is 5.19. The Hall–Kier alpha value is -0.860. The Morgan fingerprint density at radius 2 is 1.87 bits per heavy atom. The fourth-order valence-corrected chi connectivity index (χ4v) is 2.13. The molecule has 1 aromatic rings. The van der Waals surface area contributed by atoms with Crippen molar-refractivity contribution in [1.82, 2.24) is 4.90 Å². The summed E-state index contributed by atoms with van der Waals surface area (Å²) in [6.45, 7) is 5.26. The largest absolute Gasteiger partial charge is 0.370 e. The van der Waals surface area contributed by atoms with E-state index < -0.39 is 0 Å². The number of rotatable bonds is 1. The molecule has 0 radical (unpaired) electrons. The van der Waals surface area contributed by atoms with Gasteiger partial charge in [-0.2, -0.15) is 0 Å². The van der Waals surface area contributed by atoms with E-state index in [-0.39, 0.29) is 6.10 Å². The molecule has 0 N–H and O–H groups in total. The van der Waals surface area contributed by atoms with Crippen LogP contribution in [-0.2, 0) is 4.74 Å². The van der Waals surface area contributed by atoms with Gasteiger partial charge in [-0.1, -0.05) is 30.3 Å². The monoisotopic (exact) mass is 205 g/mol. The summed E-state index contributed by atoms with van der Waals surface area (Å²) in [5, 5.41) is 0. The molecule has 1 aromatic carbocycles. The first-order valence-corrected chi connectivity index (χ1v) is 5.58. The third kappa shape index (κ3) is 2.06. The summed E-state index contributed by atoms with van der Waals surface area (Å²) in [4.78, 5) is 2.39. The lowest BCUT2D eigenvalue weighted by Crippen LogP contribution is -2.48. The van der Waals surface area contributed by atoms with Crippen LogP contribution >= 0.6 is 0 Å². The Morgan fingerprint density at radius 1 is 1.20 bits per heavy atom. The summed E-state index contributed by atoms with van der Waals surface area (Å²) in [5.41, 5.74) is 1.28. The van der Waals surface area contributed by atoms with E-state index >= 15 is 0 Å². The number of hydrogen-bond donors (Lipinski definition) is 0. The lowest BCUT2D eigenvalue weighted by molar-refractivity contribution is -0.0852. The zero-order chi connectivity index (χ0) is 10.8. The molecule has 2 nitrogen and oxygen atoms in total. The first-order valence-electron chi connectivity index (χ1n) is 5.58. The van der Waals surface area contributed by atoms with Crippen molar-refractivity contribution in [3.05, 3.63) is 35.9 Å². The van der Waals surface area contributed by atoms with Gasteiger partial charge in [0, 0.05) is 12.1 Å². The van der Waals surface area contributed by atoms with E-state index in [1.165, 1.54) is 5.56 Å². The Balaban J connectivity index is 2.17. The molecule has 0 spiro atoms. The molecular weight excluding hydrogens is 186 g/mol. The van der Waals surface area contributed by atoms with E-state index in [2.05, 4.69) is 50.1 Å². The Morgan fingerprint density at radius 3 is 2.53 bits per heavy atom. The van der Waals surface area contributed by atoms with Crippen LogP contribution in [0.3, 0.4) is 0 Å². The molecule has 1 saturated heterocycles. The third-order valence-electron chi connectivity index (χ3n) is 3.42. The van der Waals surface area contributed by atoms with Crippen molar-refractivity contribution in [1.29, 1.82) is 0 Å². The van der Waals surface area contributed by atoms with Crippen LogP contribution in [0.25, 0.3) is 0 Å². The van der Waals surface area contributed by atoms with Crippen LogP contribution in [0.2, 0.25) is 0 Å². The van der Waals surface area contributed by atoms with E-state index in [1.807, 2.05) is 6.07 Å². The Labute approximate surface area is 91.9 Å². The zero-order valence-electron chi connectivity index (χ0n) is 9.68. The van der Waals surface area contributed by atoms with Crippen molar-refractivity contribution in [2.75, 3.05) is 13.7 Å². The summed E-state index contributed by atoms with van der Waals surface area (Å²) in [6, 6.07) is 11.4. The molecule has 0 amide bonds. The minimum absolute atomic E-state index is 0.215. The van der Waals surface area contributed by atoms with E-state index in [9.17, 15) is 0 Å². The standard InChI is InChI=1S/C13H19NO/c1-10-9-15-13(11(2)14(10)3)12-7-5-4-6-8-12/h4-8,10-11,13H,9H2,1-3H3/t10-,11+,13-/m1/s1. The van der Waals surface area contributed by atoms with E-state index in [0.29, 0.717) is 12.1 Å². The molecule has 1 fully saturated rings. The molecule has 2 heteroatoms. The van der Waals surface area contributed by atoms with Crippen molar-refractivity contribution in [3.63, 3.8) is 0 Å². The Bertz CT molecular complexity index is 312. The van der Waals surface area contributed by atoms with Gasteiger partial charge in [0.25, 0.3) is 0 Å². The highest BCUT2D eigenvalue weighted by Crippen LogP contribution is 2.29. The third-order valence-corrected chi connectivity index (χ3v) is 3.42. The fraction of sp³-hybridized carbons (Fsp3) is 0.538. The van der Waals surface area contributed by atoms with Crippen molar-refractivity contribution in [3.8, 4) is 0 Å². The van der Waals surface area contributed by atoms with Crippen LogP contribution < -0.4 is 0 Å². The number of nitrogens with zero attached hydrogens (tertiary/aromatic N) is 1. The van der Waals surface area contributed by atoms with Crippen LogP contribution in [0.15, 0.2) is 30.3 Å². The number of benzene rings is 1. The summed E-state index contributed by atoms with van der Waals surface area (Å²) in [6.07, 6.45) is 0.215. The van der Waals surface area contributed by atoms with Crippen molar-refractivity contribution in [2.45, 2.75) is 32.0 Å². The molecule has 1 heterocycles. The van der Waals surface area contributed by atoms with Gasteiger partial charge in [-0.05, 0) is 26.5 Å². The van der Waals surface area contributed by atoms with Gasteiger partial charge in [0.15, 0.2) is 0 Å². The maximum atomic E-state index is 5.92. The van der Waals surface area contributed by atoms with Gasteiger partial charge in [0.2, 0.25) is 0 Å². The first kappa shape index (κ1) is 10.7. The molecule has 0 unspecified atom stereocenters. The van der Waals surface area contributed by atoms with Crippen LogP contribution in [0.4, 0.5) is 0 Å². The normalized spacial score (nSPS) is 32.9. The van der Waals surface area contributed by atoms with Crippen LogP contribution in [0, 0.1) is 0 Å². The number of morpholine rings is 1. The maximum absolute atomic E-state index is 5.92. The fourth-order valence-electron chi connectivity index (χ4n) is 2.13. The molecule has 0 aromatic heterocycles. The molecular formula is C13H19NO. The molecule has 2 rings (SSSR count). The zero-order valence-corrected chi connectivity index (χ0v) is 9.68. The van der Waals surface area contributed by atoms with Gasteiger partial charge in [-0.3, -0.25) is 4.90 Å². The minimum atomic E-state index is 0.215. The van der Waals surface area contributed by atoms with Gasteiger partial charge >= 0.3 is 0 Å². The number of ether oxygens (including phenoxy) is 1. The van der Waals surface area contributed by atoms with Gasteiger partial charge in [0.1, 0.15) is 0 Å². The van der Waals surface area contributed by atoms with E-state index in [1.54, 1.807) is 0 Å². The minimum Gasteiger partial charge on any atom is -0.370 e. The second kappa shape index (κ2) is 4.33.